The zero-order chi connectivity index (χ0) is 22.1. The van der Waals surface area contributed by atoms with Crippen LogP contribution in [-0.2, 0) is 6.54 Å². The average molecular weight is 565 g/mol. The maximum absolute atomic E-state index is 12.5. The number of nitrogens with one attached hydrogen (secondary N) is 2. The highest BCUT2D eigenvalue weighted by Crippen LogP contribution is 2.24. The van der Waals surface area contributed by atoms with E-state index in [9.17, 15) is 13.2 Å². The molecule has 32 heavy (non-hydrogen) atoms. The Morgan fingerprint density at radius 2 is 1.84 bits per heavy atom. The first-order chi connectivity index (χ1) is 14.9. The maximum Gasteiger partial charge on any atom is 0.401 e. The Morgan fingerprint density at radius 1 is 1.12 bits per heavy atom. The number of hydrogen-bond acceptors (Lipinski definition) is 3. The van der Waals surface area contributed by atoms with E-state index in [4.69, 9.17) is 4.99 Å². The monoisotopic (exact) mass is 565 g/mol. The number of hydrogen-bond donors (Lipinski definition) is 2. The number of piperidine rings is 1. The van der Waals surface area contributed by atoms with Crippen LogP contribution in [0.15, 0.2) is 41.4 Å². The first-order valence-corrected chi connectivity index (χ1v) is 11.2. The third-order valence-electron chi connectivity index (χ3n) is 5.81. The molecular formula is C23H35F3IN5. The summed E-state index contributed by atoms with van der Waals surface area (Å²) in [6, 6.07) is 8.48. The summed E-state index contributed by atoms with van der Waals surface area (Å²) in [6.45, 7) is 6.36. The number of halogens is 4. The van der Waals surface area contributed by atoms with Gasteiger partial charge in [0.1, 0.15) is 0 Å². The van der Waals surface area contributed by atoms with Crippen molar-refractivity contribution in [2.24, 2.45) is 10.9 Å². The van der Waals surface area contributed by atoms with E-state index in [1.165, 1.54) is 16.2 Å². The van der Waals surface area contributed by atoms with Crippen molar-refractivity contribution in [1.29, 1.82) is 0 Å². The predicted octanol–water partition coefficient (Wildman–Crippen LogP) is 4.40. The molecule has 0 aliphatic carbocycles. The zero-order valence-electron chi connectivity index (χ0n) is 18.7. The largest absolute Gasteiger partial charge is 0.401 e. The van der Waals surface area contributed by atoms with Crippen LogP contribution in [0.2, 0.25) is 0 Å². The number of guanidine groups is 1. The number of rotatable bonds is 8. The van der Waals surface area contributed by atoms with Crippen LogP contribution >= 0.6 is 24.0 Å². The molecule has 5 nitrogen and oxygen atoms in total. The van der Waals surface area contributed by atoms with Crippen molar-refractivity contribution in [3.63, 3.8) is 0 Å². The lowest BCUT2D eigenvalue weighted by atomic mass is 9.93. The molecule has 0 amide bonds. The van der Waals surface area contributed by atoms with Gasteiger partial charge in [-0.05, 0) is 62.9 Å². The number of aliphatic imine (C=N–C) groups is 1. The van der Waals surface area contributed by atoms with Crippen molar-refractivity contribution >= 4 is 35.6 Å². The summed E-state index contributed by atoms with van der Waals surface area (Å²) in [5, 5.41) is 6.66. The minimum Gasteiger partial charge on any atom is -0.364 e. The maximum atomic E-state index is 12.5. The van der Waals surface area contributed by atoms with Gasteiger partial charge in [-0.3, -0.25) is 4.90 Å². The SMILES string of the molecule is CCNC(=NCc1cccc(N2CC=CC2)c1)NCCC1CCN(CC(F)(F)F)CC1.I. The first kappa shape index (κ1) is 26.8. The van der Waals surface area contributed by atoms with Crippen LogP contribution in [-0.4, -0.2) is 62.8 Å². The van der Waals surface area contributed by atoms with Gasteiger partial charge in [-0.1, -0.05) is 24.3 Å². The second-order valence-electron chi connectivity index (χ2n) is 8.29. The van der Waals surface area contributed by atoms with Gasteiger partial charge >= 0.3 is 6.18 Å². The Kier molecular flexibility index (Phi) is 11.1. The first-order valence-electron chi connectivity index (χ1n) is 11.2. The van der Waals surface area contributed by atoms with Gasteiger partial charge in [-0.25, -0.2) is 4.99 Å². The van der Waals surface area contributed by atoms with E-state index in [1.807, 2.05) is 6.92 Å². The molecule has 0 spiro atoms. The van der Waals surface area contributed by atoms with Crippen molar-refractivity contribution in [1.82, 2.24) is 15.5 Å². The van der Waals surface area contributed by atoms with E-state index in [-0.39, 0.29) is 24.0 Å². The lowest BCUT2D eigenvalue weighted by Gasteiger charge is -2.32. The summed E-state index contributed by atoms with van der Waals surface area (Å²) in [7, 11) is 0. The van der Waals surface area contributed by atoms with Gasteiger partial charge in [0.15, 0.2) is 5.96 Å². The molecule has 2 heterocycles. The van der Waals surface area contributed by atoms with Crippen LogP contribution in [0.5, 0.6) is 0 Å². The lowest BCUT2D eigenvalue weighted by Crippen LogP contribution is -2.41. The number of likely N-dealkylation sites (tertiary alicyclic amines) is 1. The van der Waals surface area contributed by atoms with Crippen LogP contribution < -0.4 is 15.5 Å². The highest BCUT2D eigenvalue weighted by atomic mass is 127. The topological polar surface area (TPSA) is 42.9 Å². The van der Waals surface area contributed by atoms with Crippen molar-refractivity contribution in [3.8, 4) is 0 Å². The second-order valence-corrected chi connectivity index (χ2v) is 8.29. The normalized spacial score (nSPS) is 18.0. The molecule has 1 aromatic rings. The zero-order valence-corrected chi connectivity index (χ0v) is 21.0. The summed E-state index contributed by atoms with van der Waals surface area (Å²) in [5.41, 5.74) is 2.38. The fraction of sp³-hybridized carbons (Fsp3) is 0.609. The third kappa shape index (κ3) is 9.17. The van der Waals surface area contributed by atoms with Crippen molar-refractivity contribution in [2.45, 2.75) is 38.9 Å². The number of alkyl halides is 3. The summed E-state index contributed by atoms with van der Waals surface area (Å²) in [6.07, 6.45) is 2.85. The fourth-order valence-corrected chi connectivity index (χ4v) is 4.13. The third-order valence-corrected chi connectivity index (χ3v) is 5.81. The highest BCUT2D eigenvalue weighted by Gasteiger charge is 2.32. The molecule has 0 unspecified atom stereocenters. The van der Waals surface area contributed by atoms with Crippen LogP contribution in [0, 0.1) is 5.92 Å². The molecular weight excluding hydrogens is 530 g/mol. The molecule has 2 N–H and O–H groups in total. The summed E-state index contributed by atoms with van der Waals surface area (Å²) in [5.74, 6) is 1.25. The minimum absolute atomic E-state index is 0. The standard InChI is InChI=1S/C23H34F3N5.HI/c1-2-27-22(28-11-8-19-9-14-30(15-10-19)18-23(24,25)26)29-17-20-6-5-7-21(16-20)31-12-3-4-13-31;/h3-7,16,19H,2,8-15,17-18H2,1H3,(H2,27,28,29);1H. The van der Waals surface area contributed by atoms with Gasteiger partial charge in [0, 0.05) is 31.9 Å². The Labute approximate surface area is 206 Å². The van der Waals surface area contributed by atoms with E-state index in [2.05, 4.69) is 52.0 Å². The van der Waals surface area contributed by atoms with Gasteiger partial charge in [-0.15, -0.1) is 24.0 Å². The Bertz CT molecular complexity index is 737. The number of anilines is 1. The molecule has 1 saturated heterocycles. The molecule has 180 valence electrons. The molecule has 9 heteroatoms. The summed E-state index contributed by atoms with van der Waals surface area (Å²) in [4.78, 5) is 8.55. The molecule has 1 aromatic carbocycles. The van der Waals surface area contributed by atoms with Crippen LogP contribution in [0.25, 0.3) is 0 Å². The summed E-state index contributed by atoms with van der Waals surface area (Å²) >= 11 is 0. The smallest absolute Gasteiger partial charge is 0.364 e. The van der Waals surface area contributed by atoms with Gasteiger partial charge < -0.3 is 15.5 Å². The summed E-state index contributed by atoms with van der Waals surface area (Å²) < 4.78 is 37.6. The Hall–Kier alpha value is -1.49. The minimum atomic E-state index is -4.10. The van der Waals surface area contributed by atoms with Gasteiger partial charge in [0.25, 0.3) is 0 Å². The van der Waals surface area contributed by atoms with Crippen molar-refractivity contribution < 1.29 is 13.2 Å². The average Bonchev–Trinajstić information content (AvgIpc) is 3.27. The molecule has 2 aliphatic heterocycles. The molecule has 0 bridgehead atoms. The van der Waals surface area contributed by atoms with Crippen LogP contribution in [0.4, 0.5) is 18.9 Å². The van der Waals surface area contributed by atoms with E-state index in [0.717, 1.165) is 51.4 Å². The molecule has 0 saturated carbocycles. The highest BCUT2D eigenvalue weighted by molar-refractivity contribution is 14.0. The predicted molar refractivity (Wildman–Crippen MR) is 136 cm³/mol. The van der Waals surface area contributed by atoms with E-state index < -0.39 is 12.7 Å². The second kappa shape index (κ2) is 13.3. The van der Waals surface area contributed by atoms with Crippen LogP contribution in [0.1, 0.15) is 31.7 Å². The van der Waals surface area contributed by atoms with Gasteiger partial charge in [0.05, 0.1) is 13.1 Å². The van der Waals surface area contributed by atoms with Crippen molar-refractivity contribution in [3.05, 3.63) is 42.0 Å². The quantitative estimate of drug-likeness (QED) is 0.212. The molecule has 1 fully saturated rings. The number of nitrogens with zero attached hydrogens (tertiary/aromatic N) is 3. The fourth-order valence-electron chi connectivity index (χ4n) is 4.13. The Balaban J connectivity index is 0.00000363. The van der Waals surface area contributed by atoms with Gasteiger partial charge in [-0.2, -0.15) is 13.2 Å². The van der Waals surface area contributed by atoms with Crippen molar-refractivity contribution in [2.75, 3.05) is 50.7 Å². The van der Waals surface area contributed by atoms with E-state index in [1.54, 1.807) is 0 Å². The molecule has 3 rings (SSSR count). The van der Waals surface area contributed by atoms with E-state index in [0.29, 0.717) is 25.6 Å². The van der Waals surface area contributed by atoms with Gasteiger partial charge in [0.2, 0.25) is 0 Å². The molecule has 0 aromatic heterocycles. The van der Waals surface area contributed by atoms with Crippen LogP contribution in [0.3, 0.4) is 0 Å². The number of benzene rings is 1. The molecule has 0 atom stereocenters. The molecule has 0 radical (unpaired) electrons. The lowest BCUT2D eigenvalue weighted by molar-refractivity contribution is -0.148. The van der Waals surface area contributed by atoms with E-state index >= 15 is 0 Å². The molecule has 2 aliphatic rings. The Morgan fingerprint density at radius 3 is 2.50 bits per heavy atom.